The van der Waals surface area contributed by atoms with Crippen LogP contribution in [0.4, 0.5) is 17.2 Å². The van der Waals surface area contributed by atoms with Gasteiger partial charge in [-0.25, -0.2) is 4.98 Å². The zero-order chi connectivity index (χ0) is 12.8. The van der Waals surface area contributed by atoms with Crippen molar-refractivity contribution in [3.05, 3.63) is 36.7 Å². The summed E-state index contributed by atoms with van der Waals surface area (Å²) in [6.45, 7) is 2.38. The molecule has 0 spiro atoms. The fraction of sp³-hybridized carbons (Fsp3) is 0.167. The van der Waals surface area contributed by atoms with E-state index in [1.807, 2.05) is 37.3 Å². The fourth-order valence-electron chi connectivity index (χ4n) is 1.38. The molecule has 0 atom stereocenters. The highest BCUT2D eigenvalue weighted by Crippen LogP contribution is 2.24. The number of benzene rings is 1. The lowest BCUT2D eigenvalue weighted by Crippen LogP contribution is -2.13. The van der Waals surface area contributed by atoms with Crippen molar-refractivity contribution >= 4 is 17.2 Å². The van der Waals surface area contributed by atoms with Gasteiger partial charge < -0.3 is 10.5 Å². The molecule has 2 aromatic rings. The van der Waals surface area contributed by atoms with Crippen molar-refractivity contribution in [2.45, 2.75) is 6.92 Å². The summed E-state index contributed by atoms with van der Waals surface area (Å²) >= 11 is 0. The third-order valence-corrected chi connectivity index (χ3v) is 2.23. The highest BCUT2D eigenvalue weighted by molar-refractivity contribution is 5.68. The number of nitrogen functional groups attached to an aromatic ring is 1. The van der Waals surface area contributed by atoms with E-state index in [0.29, 0.717) is 24.0 Å². The van der Waals surface area contributed by atoms with Crippen LogP contribution in [0.25, 0.3) is 0 Å². The van der Waals surface area contributed by atoms with E-state index in [1.54, 1.807) is 0 Å². The second kappa shape index (κ2) is 5.72. The Morgan fingerprint density at radius 1 is 1.17 bits per heavy atom. The molecule has 0 aliphatic rings. The Kier molecular flexibility index (Phi) is 3.80. The molecule has 6 nitrogen and oxygen atoms in total. The number of nitrogens with two attached hydrogens (primary N) is 1. The zero-order valence-corrected chi connectivity index (χ0v) is 10.1. The molecule has 2 rings (SSSR count). The first kappa shape index (κ1) is 12.0. The number of aromatic nitrogens is 2. The minimum atomic E-state index is 0.378. The van der Waals surface area contributed by atoms with Crippen LogP contribution < -0.4 is 21.3 Å². The average Bonchev–Trinajstić information content (AvgIpc) is 2.41. The summed E-state index contributed by atoms with van der Waals surface area (Å²) in [5.74, 6) is 0.863. The van der Waals surface area contributed by atoms with Gasteiger partial charge in [-0.2, -0.15) is 4.98 Å². The molecule has 1 aromatic carbocycles. The summed E-state index contributed by atoms with van der Waals surface area (Å²) < 4.78 is 5.29. The van der Waals surface area contributed by atoms with E-state index in [-0.39, 0.29) is 0 Å². The summed E-state index contributed by atoms with van der Waals surface area (Å²) in [5, 5.41) is 0. The van der Waals surface area contributed by atoms with Crippen molar-refractivity contribution in [1.82, 2.24) is 9.97 Å². The van der Waals surface area contributed by atoms with Crippen molar-refractivity contribution in [1.29, 1.82) is 0 Å². The molecular formula is C12H15N5O. The Hall–Kier alpha value is -2.50. The van der Waals surface area contributed by atoms with E-state index >= 15 is 0 Å². The summed E-state index contributed by atoms with van der Waals surface area (Å²) in [6.07, 6.45) is 1.40. The van der Waals surface area contributed by atoms with Gasteiger partial charge in [-0.3, -0.25) is 10.9 Å². The maximum absolute atomic E-state index is 5.88. The molecule has 0 saturated heterocycles. The highest BCUT2D eigenvalue weighted by atomic mass is 16.5. The van der Waals surface area contributed by atoms with Crippen LogP contribution in [0.2, 0.25) is 0 Å². The van der Waals surface area contributed by atoms with E-state index in [1.165, 1.54) is 6.33 Å². The molecule has 1 heterocycles. The maximum atomic E-state index is 5.88. The Morgan fingerprint density at radius 2 is 1.94 bits per heavy atom. The van der Waals surface area contributed by atoms with Gasteiger partial charge in [-0.05, 0) is 19.1 Å². The second-order valence-corrected chi connectivity index (χ2v) is 3.49. The molecule has 0 unspecified atom stereocenters. The Balaban J connectivity index is 2.08. The van der Waals surface area contributed by atoms with Crippen molar-refractivity contribution < 1.29 is 4.74 Å². The van der Waals surface area contributed by atoms with E-state index in [2.05, 4.69) is 20.8 Å². The third-order valence-electron chi connectivity index (χ3n) is 2.23. The van der Waals surface area contributed by atoms with Crippen LogP contribution in [0.15, 0.2) is 36.7 Å². The smallest absolute Gasteiger partial charge is 0.242 e. The standard InChI is InChI=1S/C12H15N5O/c1-2-18-12-10(13)11(14-8-15-12)17-16-9-6-4-3-5-7-9/h3-8,16H,2,13H2,1H3,(H,14,15,17). The maximum Gasteiger partial charge on any atom is 0.242 e. The number of ether oxygens (including phenoxy) is 1. The molecule has 0 saturated carbocycles. The zero-order valence-electron chi connectivity index (χ0n) is 10.1. The van der Waals surface area contributed by atoms with Gasteiger partial charge in [-0.15, -0.1) is 0 Å². The van der Waals surface area contributed by atoms with Crippen molar-refractivity contribution in [3.63, 3.8) is 0 Å². The summed E-state index contributed by atoms with van der Waals surface area (Å²) in [5.41, 5.74) is 13.1. The van der Waals surface area contributed by atoms with Crippen LogP contribution in [-0.2, 0) is 0 Å². The lowest BCUT2D eigenvalue weighted by Gasteiger charge is -2.12. The molecule has 0 aliphatic heterocycles. The predicted octanol–water partition coefficient (Wildman–Crippen LogP) is 1.90. The first-order valence-corrected chi connectivity index (χ1v) is 5.61. The monoisotopic (exact) mass is 245 g/mol. The number of rotatable bonds is 5. The molecule has 0 radical (unpaired) electrons. The minimum Gasteiger partial charge on any atom is -0.476 e. The van der Waals surface area contributed by atoms with Gasteiger partial charge in [0.25, 0.3) is 0 Å². The molecule has 0 fully saturated rings. The van der Waals surface area contributed by atoms with Gasteiger partial charge in [0, 0.05) is 0 Å². The van der Waals surface area contributed by atoms with Gasteiger partial charge in [-0.1, -0.05) is 18.2 Å². The average molecular weight is 245 g/mol. The van der Waals surface area contributed by atoms with E-state index in [9.17, 15) is 0 Å². The van der Waals surface area contributed by atoms with Crippen molar-refractivity contribution in [2.24, 2.45) is 0 Å². The number of hydrazine groups is 1. The molecule has 1 aromatic heterocycles. The first-order chi connectivity index (χ1) is 8.81. The normalized spacial score (nSPS) is 9.83. The van der Waals surface area contributed by atoms with Gasteiger partial charge in [0.15, 0.2) is 5.82 Å². The number of hydrogen-bond acceptors (Lipinski definition) is 6. The molecular weight excluding hydrogens is 230 g/mol. The summed E-state index contributed by atoms with van der Waals surface area (Å²) in [7, 11) is 0. The van der Waals surface area contributed by atoms with Crippen LogP contribution in [-0.4, -0.2) is 16.6 Å². The Morgan fingerprint density at radius 3 is 2.67 bits per heavy atom. The number of para-hydroxylation sites is 1. The molecule has 0 bridgehead atoms. The summed E-state index contributed by atoms with van der Waals surface area (Å²) in [6, 6.07) is 9.65. The molecule has 0 aliphatic carbocycles. The quantitative estimate of drug-likeness (QED) is 0.697. The summed E-state index contributed by atoms with van der Waals surface area (Å²) in [4.78, 5) is 8.00. The van der Waals surface area contributed by atoms with Crippen LogP contribution in [0, 0.1) is 0 Å². The number of anilines is 3. The largest absolute Gasteiger partial charge is 0.476 e. The van der Waals surface area contributed by atoms with E-state index in [0.717, 1.165) is 5.69 Å². The van der Waals surface area contributed by atoms with Crippen LogP contribution in [0.1, 0.15) is 6.92 Å². The van der Waals surface area contributed by atoms with Crippen LogP contribution in [0.3, 0.4) is 0 Å². The van der Waals surface area contributed by atoms with Gasteiger partial charge in [0.05, 0.1) is 12.3 Å². The second-order valence-electron chi connectivity index (χ2n) is 3.49. The Bertz CT molecular complexity index is 503. The van der Waals surface area contributed by atoms with E-state index < -0.39 is 0 Å². The third kappa shape index (κ3) is 2.79. The molecule has 4 N–H and O–H groups in total. The SMILES string of the molecule is CCOc1ncnc(NNc2ccccc2)c1N. The van der Waals surface area contributed by atoms with Crippen LogP contribution in [0.5, 0.6) is 5.88 Å². The van der Waals surface area contributed by atoms with E-state index in [4.69, 9.17) is 10.5 Å². The van der Waals surface area contributed by atoms with Gasteiger partial charge in [0.1, 0.15) is 12.0 Å². The van der Waals surface area contributed by atoms with Gasteiger partial charge in [0.2, 0.25) is 5.88 Å². The number of nitrogens with zero attached hydrogens (tertiary/aromatic N) is 2. The first-order valence-electron chi connectivity index (χ1n) is 5.61. The fourth-order valence-corrected chi connectivity index (χ4v) is 1.38. The molecule has 18 heavy (non-hydrogen) atoms. The van der Waals surface area contributed by atoms with Crippen molar-refractivity contribution in [2.75, 3.05) is 23.2 Å². The Labute approximate surface area is 105 Å². The predicted molar refractivity (Wildman–Crippen MR) is 71.3 cm³/mol. The minimum absolute atomic E-state index is 0.378. The lowest BCUT2D eigenvalue weighted by atomic mass is 10.3. The number of nitrogens with one attached hydrogen (secondary N) is 2. The van der Waals surface area contributed by atoms with Gasteiger partial charge >= 0.3 is 0 Å². The number of hydrogen-bond donors (Lipinski definition) is 3. The molecule has 6 heteroatoms. The molecule has 0 amide bonds. The van der Waals surface area contributed by atoms with Crippen molar-refractivity contribution in [3.8, 4) is 5.88 Å². The molecule has 94 valence electrons. The highest BCUT2D eigenvalue weighted by Gasteiger charge is 2.08. The topological polar surface area (TPSA) is 85.1 Å². The van der Waals surface area contributed by atoms with Crippen LogP contribution >= 0.6 is 0 Å². The lowest BCUT2D eigenvalue weighted by molar-refractivity contribution is 0.328.